The highest BCUT2D eigenvalue weighted by Gasteiger charge is 2.36. The molecule has 2 aromatic rings. The first kappa shape index (κ1) is 17.8. The molecular formula is C16H13BF6NO-. The number of nitrogens with one attached hydrogen (secondary N) is 1. The summed E-state index contributed by atoms with van der Waals surface area (Å²) in [7, 11) is 0. The van der Waals surface area contributed by atoms with Crippen LogP contribution < -0.4 is 16.2 Å². The Hall–Kier alpha value is -2.00. The molecule has 1 fully saturated rings. The van der Waals surface area contributed by atoms with Crippen molar-refractivity contribution in [1.82, 2.24) is 5.23 Å². The third-order valence-electron chi connectivity index (χ3n) is 4.32. The van der Waals surface area contributed by atoms with E-state index in [0.717, 1.165) is 24.3 Å². The molecule has 1 N–H and O–H groups in total. The Kier molecular flexibility index (Phi) is 4.32. The van der Waals surface area contributed by atoms with Crippen molar-refractivity contribution in [2.45, 2.75) is 12.4 Å². The Balaban J connectivity index is 2.00. The molecule has 1 saturated heterocycles. The first-order valence-corrected chi connectivity index (χ1v) is 7.52. The minimum atomic E-state index is -4.46. The summed E-state index contributed by atoms with van der Waals surface area (Å²) in [5, 5.41) is 3.10. The Labute approximate surface area is 139 Å². The highest BCUT2D eigenvalue weighted by molar-refractivity contribution is 6.95. The molecule has 2 nitrogen and oxygen atoms in total. The molecule has 0 radical (unpaired) electrons. The minimum Gasteiger partial charge on any atom is -0.570 e. The van der Waals surface area contributed by atoms with Crippen LogP contribution in [-0.4, -0.2) is 19.6 Å². The first-order chi connectivity index (χ1) is 11.6. The summed E-state index contributed by atoms with van der Waals surface area (Å²) >= 11 is 0. The van der Waals surface area contributed by atoms with Crippen molar-refractivity contribution >= 4 is 17.4 Å². The standard InChI is InChI=1S/C16H13BF6NO/c18-15(19,20)11-1-5-13(6-2-11)17(24-9-10-25-17)14-7-3-12(4-8-14)16(21,22)23/h1-8,24H,9-10H2/q-1. The van der Waals surface area contributed by atoms with Crippen molar-refractivity contribution < 1.29 is 31.0 Å². The number of hydrogen-bond acceptors (Lipinski definition) is 2. The number of benzene rings is 2. The molecular weight excluding hydrogens is 347 g/mol. The van der Waals surface area contributed by atoms with Gasteiger partial charge in [-0.2, -0.15) is 37.3 Å². The second-order valence-corrected chi connectivity index (χ2v) is 5.85. The van der Waals surface area contributed by atoms with Crippen molar-refractivity contribution in [2.24, 2.45) is 0 Å². The highest BCUT2D eigenvalue weighted by atomic mass is 19.4. The topological polar surface area (TPSA) is 21.3 Å². The van der Waals surface area contributed by atoms with Crippen LogP contribution in [0.2, 0.25) is 0 Å². The normalized spacial score (nSPS) is 17.7. The summed E-state index contributed by atoms with van der Waals surface area (Å²) in [6.07, 6.45) is -8.92. The van der Waals surface area contributed by atoms with Crippen LogP contribution in [0.15, 0.2) is 48.5 Å². The van der Waals surface area contributed by atoms with Gasteiger partial charge in [0.1, 0.15) is 0 Å². The molecule has 2 aromatic carbocycles. The fourth-order valence-electron chi connectivity index (χ4n) is 3.06. The molecule has 1 aliphatic heterocycles. The van der Waals surface area contributed by atoms with E-state index in [2.05, 4.69) is 5.23 Å². The molecule has 0 saturated carbocycles. The summed E-state index contributed by atoms with van der Waals surface area (Å²) in [5.41, 5.74) is -0.698. The van der Waals surface area contributed by atoms with E-state index < -0.39 is 30.0 Å². The van der Waals surface area contributed by atoms with E-state index >= 15 is 0 Å². The van der Waals surface area contributed by atoms with Crippen molar-refractivity contribution in [2.75, 3.05) is 13.2 Å². The van der Waals surface area contributed by atoms with Gasteiger partial charge >= 0.3 is 12.4 Å². The van der Waals surface area contributed by atoms with Crippen LogP contribution >= 0.6 is 0 Å². The van der Waals surface area contributed by atoms with Gasteiger partial charge < -0.3 is 9.88 Å². The van der Waals surface area contributed by atoms with E-state index in [1.54, 1.807) is 0 Å². The van der Waals surface area contributed by atoms with Crippen molar-refractivity contribution in [3.05, 3.63) is 59.7 Å². The quantitative estimate of drug-likeness (QED) is 0.657. The monoisotopic (exact) mass is 360 g/mol. The molecule has 0 unspecified atom stereocenters. The van der Waals surface area contributed by atoms with Gasteiger partial charge in [-0.15, -0.1) is 0 Å². The van der Waals surface area contributed by atoms with Gasteiger partial charge in [0, 0.05) is 6.61 Å². The lowest BCUT2D eigenvalue weighted by Gasteiger charge is -2.37. The van der Waals surface area contributed by atoms with Crippen molar-refractivity contribution in [3.8, 4) is 0 Å². The maximum Gasteiger partial charge on any atom is 0.416 e. The molecule has 25 heavy (non-hydrogen) atoms. The zero-order chi connectivity index (χ0) is 18.3. The molecule has 0 atom stereocenters. The Morgan fingerprint density at radius 3 is 1.40 bits per heavy atom. The van der Waals surface area contributed by atoms with Crippen LogP contribution in [0.1, 0.15) is 11.1 Å². The van der Waals surface area contributed by atoms with Gasteiger partial charge in [0.15, 0.2) is 0 Å². The smallest absolute Gasteiger partial charge is 0.416 e. The average Bonchev–Trinajstić information content (AvgIpc) is 3.04. The molecule has 0 aromatic heterocycles. The van der Waals surface area contributed by atoms with E-state index in [4.69, 9.17) is 4.65 Å². The molecule has 0 spiro atoms. The van der Waals surface area contributed by atoms with E-state index in [0.29, 0.717) is 24.1 Å². The molecule has 0 amide bonds. The van der Waals surface area contributed by atoms with Crippen LogP contribution in [0.4, 0.5) is 26.3 Å². The number of alkyl halides is 6. The summed E-state index contributed by atoms with van der Waals surface area (Å²) in [5.74, 6) is 0. The largest absolute Gasteiger partial charge is 0.570 e. The summed E-state index contributed by atoms with van der Waals surface area (Å²) in [6, 6.07) is 8.91. The van der Waals surface area contributed by atoms with Gasteiger partial charge in [-0.05, 0) is 6.54 Å². The molecule has 0 aliphatic carbocycles. The number of halogens is 6. The maximum atomic E-state index is 12.7. The summed E-state index contributed by atoms with van der Waals surface area (Å²) < 4.78 is 82.1. The van der Waals surface area contributed by atoms with Gasteiger partial charge in [-0.25, -0.2) is 0 Å². The van der Waals surface area contributed by atoms with Gasteiger partial charge in [0.2, 0.25) is 6.48 Å². The van der Waals surface area contributed by atoms with Gasteiger partial charge in [0.25, 0.3) is 0 Å². The predicted molar refractivity (Wildman–Crippen MR) is 81.9 cm³/mol. The molecule has 134 valence electrons. The SMILES string of the molecule is FC(F)(F)c1ccc([B-]2(c3ccc(C(F)(F)F)cc3)NCCO2)cc1. The fraction of sp³-hybridized carbons (Fsp3) is 0.250. The van der Waals surface area contributed by atoms with E-state index in [9.17, 15) is 26.3 Å². The Morgan fingerprint density at radius 2 is 1.12 bits per heavy atom. The number of rotatable bonds is 2. The lowest BCUT2D eigenvalue weighted by atomic mass is 9.42. The molecule has 9 heteroatoms. The Bertz CT molecular complexity index is 674. The highest BCUT2D eigenvalue weighted by Crippen LogP contribution is 2.30. The second kappa shape index (κ2) is 6.07. The molecule has 1 aliphatic rings. The van der Waals surface area contributed by atoms with Crippen LogP contribution in [0.3, 0.4) is 0 Å². The van der Waals surface area contributed by atoms with Gasteiger partial charge in [-0.1, -0.05) is 48.5 Å². The van der Waals surface area contributed by atoms with E-state index in [1.165, 1.54) is 24.3 Å². The fourth-order valence-corrected chi connectivity index (χ4v) is 3.06. The summed E-state index contributed by atoms with van der Waals surface area (Å²) in [6.45, 7) is -1.31. The van der Waals surface area contributed by atoms with Gasteiger partial charge in [0.05, 0.1) is 11.1 Å². The van der Waals surface area contributed by atoms with E-state index in [-0.39, 0.29) is 0 Å². The zero-order valence-electron chi connectivity index (χ0n) is 12.8. The third kappa shape index (κ3) is 3.39. The maximum absolute atomic E-state index is 12.7. The van der Waals surface area contributed by atoms with Crippen molar-refractivity contribution in [1.29, 1.82) is 0 Å². The van der Waals surface area contributed by atoms with Crippen LogP contribution in [0.5, 0.6) is 0 Å². The second-order valence-electron chi connectivity index (χ2n) is 5.85. The predicted octanol–water partition coefficient (Wildman–Crippen LogP) is 2.90. The molecule has 0 bridgehead atoms. The average molecular weight is 360 g/mol. The molecule has 3 rings (SSSR count). The lowest BCUT2D eigenvalue weighted by molar-refractivity contribution is -0.138. The lowest BCUT2D eigenvalue weighted by Crippen LogP contribution is -2.67. The van der Waals surface area contributed by atoms with Crippen LogP contribution in [-0.2, 0) is 17.0 Å². The van der Waals surface area contributed by atoms with Gasteiger partial charge in [-0.3, -0.25) is 0 Å². The number of hydrogen-bond donors (Lipinski definition) is 1. The minimum absolute atomic E-state index is 0.308. The van der Waals surface area contributed by atoms with Crippen LogP contribution in [0, 0.1) is 0 Å². The molecule has 1 heterocycles. The first-order valence-electron chi connectivity index (χ1n) is 7.52. The van der Waals surface area contributed by atoms with Crippen LogP contribution in [0.25, 0.3) is 0 Å². The van der Waals surface area contributed by atoms with E-state index in [1.807, 2.05) is 0 Å². The van der Waals surface area contributed by atoms with Crippen molar-refractivity contribution in [3.63, 3.8) is 0 Å². The third-order valence-corrected chi connectivity index (χ3v) is 4.32. The zero-order valence-corrected chi connectivity index (χ0v) is 12.8. The summed E-state index contributed by atoms with van der Waals surface area (Å²) in [4.78, 5) is 0. The Morgan fingerprint density at radius 1 is 0.720 bits per heavy atom.